The van der Waals surface area contributed by atoms with Crippen molar-refractivity contribution < 1.29 is 23.8 Å². The topological polar surface area (TPSA) is 115 Å². The lowest BCUT2D eigenvalue weighted by Crippen LogP contribution is -2.40. The van der Waals surface area contributed by atoms with Crippen LogP contribution in [0.25, 0.3) is 21.9 Å². The number of nitrogens with two attached hydrogens (primary N) is 1. The van der Waals surface area contributed by atoms with Crippen LogP contribution in [0.5, 0.6) is 5.75 Å². The molecular formula is C33H27N3O5. The summed E-state index contributed by atoms with van der Waals surface area (Å²) >= 11 is 0. The van der Waals surface area contributed by atoms with E-state index in [-0.39, 0.29) is 22.7 Å². The summed E-state index contributed by atoms with van der Waals surface area (Å²) in [6, 6.07) is 30.3. The number of anilines is 1. The molecule has 1 aliphatic rings. The molecule has 0 radical (unpaired) electrons. The first-order valence-electron chi connectivity index (χ1n) is 12.8. The number of carbonyl (C=O) groups is 2. The average Bonchev–Trinajstić information content (AvgIpc) is 3.03. The van der Waals surface area contributed by atoms with Gasteiger partial charge in [-0.3, -0.25) is 4.90 Å². The highest BCUT2D eigenvalue weighted by Gasteiger charge is 2.43. The Bertz CT molecular complexity index is 1770. The molecule has 8 nitrogen and oxygen atoms in total. The van der Waals surface area contributed by atoms with Crippen LogP contribution < -0.4 is 15.4 Å². The van der Waals surface area contributed by atoms with Gasteiger partial charge in [-0.1, -0.05) is 60.7 Å². The fourth-order valence-electron chi connectivity index (χ4n) is 5.14. The minimum absolute atomic E-state index is 0.0113. The van der Waals surface area contributed by atoms with Crippen molar-refractivity contribution in [2.75, 3.05) is 26.2 Å². The van der Waals surface area contributed by atoms with Crippen molar-refractivity contribution in [1.29, 1.82) is 5.26 Å². The Balaban J connectivity index is 1.71. The number of nitrogens with zero attached hydrogens (tertiary/aromatic N) is 2. The van der Waals surface area contributed by atoms with Crippen LogP contribution in [0.4, 0.5) is 5.69 Å². The third-order valence-electron chi connectivity index (χ3n) is 7.10. The van der Waals surface area contributed by atoms with Gasteiger partial charge in [-0.15, -0.1) is 0 Å². The monoisotopic (exact) mass is 545 g/mol. The van der Waals surface area contributed by atoms with Crippen molar-refractivity contribution >= 4 is 28.4 Å². The van der Waals surface area contributed by atoms with E-state index in [1.807, 2.05) is 60.7 Å². The quantitative estimate of drug-likeness (QED) is 0.320. The third kappa shape index (κ3) is 4.85. The first-order valence-corrected chi connectivity index (χ1v) is 12.8. The first-order chi connectivity index (χ1) is 19.9. The van der Waals surface area contributed by atoms with Gasteiger partial charge < -0.3 is 19.9 Å². The molecule has 41 heavy (non-hydrogen) atoms. The molecule has 1 heterocycles. The fraction of sp³-hybridized carbons (Fsp3) is 0.121. The minimum Gasteiger partial charge on any atom is -0.497 e. The van der Waals surface area contributed by atoms with Crippen LogP contribution in [0.2, 0.25) is 0 Å². The van der Waals surface area contributed by atoms with Gasteiger partial charge in [-0.05, 0) is 57.8 Å². The maximum absolute atomic E-state index is 13.4. The summed E-state index contributed by atoms with van der Waals surface area (Å²) in [7, 11) is 4.07. The van der Waals surface area contributed by atoms with E-state index in [1.165, 1.54) is 19.1 Å². The van der Waals surface area contributed by atoms with Crippen LogP contribution in [-0.2, 0) is 19.1 Å². The summed E-state index contributed by atoms with van der Waals surface area (Å²) < 4.78 is 15.6. The number of carbonyl (C=O) groups excluding carboxylic acids is 2. The molecule has 0 fully saturated rings. The maximum Gasteiger partial charge on any atom is 0.355 e. The predicted octanol–water partition coefficient (Wildman–Crippen LogP) is 5.41. The molecule has 204 valence electrons. The molecule has 0 saturated carbocycles. The molecule has 1 unspecified atom stereocenters. The second kappa shape index (κ2) is 11.3. The largest absolute Gasteiger partial charge is 0.497 e. The Morgan fingerprint density at radius 1 is 0.805 bits per heavy atom. The van der Waals surface area contributed by atoms with Crippen LogP contribution in [-0.4, -0.2) is 33.3 Å². The van der Waals surface area contributed by atoms with Crippen molar-refractivity contribution in [3.63, 3.8) is 0 Å². The molecule has 0 aliphatic carbocycles. The molecule has 0 aromatic heterocycles. The number of hydrogen-bond donors (Lipinski definition) is 1. The average molecular weight is 546 g/mol. The van der Waals surface area contributed by atoms with Crippen LogP contribution in [0.1, 0.15) is 11.5 Å². The molecule has 4 aromatic rings. The predicted molar refractivity (Wildman–Crippen MR) is 155 cm³/mol. The highest BCUT2D eigenvalue weighted by molar-refractivity contribution is 6.06. The number of hydrogen-bond acceptors (Lipinski definition) is 8. The number of nitriles is 1. The summed E-state index contributed by atoms with van der Waals surface area (Å²) in [5, 5.41) is 12.3. The van der Waals surface area contributed by atoms with Crippen LogP contribution in [0, 0.1) is 11.3 Å². The minimum atomic E-state index is -0.931. The van der Waals surface area contributed by atoms with E-state index in [1.54, 1.807) is 37.4 Å². The number of methoxy groups -OCH3 is 3. The third-order valence-corrected chi connectivity index (χ3v) is 7.10. The number of fused-ring (bicyclic) bond motifs is 1. The van der Waals surface area contributed by atoms with Gasteiger partial charge in [0.1, 0.15) is 17.3 Å². The van der Waals surface area contributed by atoms with Crippen LogP contribution in [0.15, 0.2) is 114 Å². The summed E-state index contributed by atoms with van der Waals surface area (Å²) in [5.41, 5.74) is 9.42. The van der Waals surface area contributed by atoms with E-state index in [0.29, 0.717) is 11.3 Å². The van der Waals surface area contributed by atoms with Gasteiger partial charge >= 0.3 is 11.9 Å². The van der Waals surface area contributed by atoms with Gasteiger partial charge in [0.05, 0.1) is 44.5 Å². The standard InChI is InChI=1S/C33H27N3O5/c1-39-26-15-14-23-16-22(12-13-24(23)18-26)21-10-7-11-25(17-21)36-30(33(38)41-3)29(32(37)40-2)28(27(19-34)31(36)35)20-8-5-4-6-9-20/h4-18,28H,35H2,1-3H3. The molecule has 4 aromatic carbocycles. The Morgan fingerprint density at radius 3 is 2.17 bits per heavy atom. The van der Waals surface area contributed by atoms with Crippen molar-refractivity contribution in [2.24, 2.45) is 5.73 Å². The van der Waals surface area contributed by atoms with Gasteiger partial charge in [0, 0.05) is 5.69 Å². The molecule has 1 atom stereocenters. The van der Waals surface area contributed by atoms with E-state index in [9.17, 15) is 14.9 Å². The first kappa shape index (κ1) is 27.0. The fourth-order valence-corrected chi connectivity index (χ4v) is 5.14. The Kier molecular flexibility index (Phi) is 7.44. The molecule has 8 heteroatoms. The highest BCUT2D eigenvalue weighted by Crippen LogP contribution is 2.43. The van der Waals surface area contributed by atoms with Crippen molar-refractivity contribution in [3.05, 3.63) is 119 Å². The summed E-state index contributed by atoms with van der Waals surface area (Å²) in [5.74, 6) is -1.72. The number of allylic oxidation sites excluding steroid dienone is 1. The molecule has 0 bridgehead atoms. The molecule has 5 rings (SSSR count). The van der Waals surface area contributed by atoms with Gasteiger partial charge in [-0.25, -0.2) is 9.59 Å². The van der Waals surface area contributed by atoms with Crippen molar-refractivity contribution in [2.45, 2.75) is 5.92 Å². The van der Waals surface area contributed by atoms with Crippen molar-refractivity contribution in [1.82, 2.24) is 0 Å². The van der Waals surface area contributed by atoms with E-state index in [2.05, 4.69) is 6.07 Å². The lowest BCUT2D eigenvalue weighted by Gasteiger charge is -2.36. The van der Waals surface area contributed by atoms with Gasteiger partial charge in [0.2, 0.25) is 0 Å². The van der Waals surface area contributed by atoms with E-state index < -0.39 is 17.9 Å². The van der Waals surface area contributed by atoms with Gasteiger partial charge in [-0.2, -0.15) is 5.26 Å². The maximum atomic E-state index is 13.4. The normalized spacial score (nSPS) is 15.0. The number of ether oxygens (including phenoxy) is 3. The Morgan fingerprint density at radius 2 is 1.49 bits per heavy atom. The zero-order valence-electron chi connectivity index (χ0n) is 22.8. The summed E-state index contributed by atoms with van der Waals surface area (Å²) in [4.78, 5) is 28.0. The van der Waals surface area contributed by atoms with E-state index in [4.69, 9.17) is 19.9 Å². The molecule has 0 amide bonds. The second-order valence-corrected chi connectivity index (χ2v) is 9.31. The van der Waals surface area contributed by atoms with Crippen LogP contribution in [0.3, 0.4) is 0 Å². The van der Waals surface area contributed by atoms with Crippen LogP contribution >= 0.6 is 0 Å². The lowest BCUT2D eigenvalue weighted by atomic mass is 9.81. The summed E-state index contributed by atoms with van der Waals surface area (Å²) in [6.45, 7) is 0. The van der Waals surface area contributed by atoms with E-state index in [0.717, 1.165) is 27.6 Å². The number of rotatable bonds is 6. The lowest BCUT2D eigenvalue weighted by molar-refractivity contribution is -0.139. The van der Waals surface area contributed by atoms with Gasteiger partial charge in [0.25, 0.3) is 0 Å². The molecule has 0 spiro atoms. The molecule has 0 saturated heterocycles. The van der Waals surface area contributed by atoms with E-state index >= 15 is 0 Å². The number of esters is 2. The zero-order chi connectivity index (χ0) is 29.1. The highest BCUT2D eigenvalue weighted by atomic mass is 16.5. The zero-order valence-corrected chi connectivity index (χ0v) is 22.8. The molecule has 1 aliphatic heterocycles. The Labute approximate surface area is 237 Å². The Hall–Kier alpha value is -5.55. The summed E-state index contributed by atoms with van der Waals surface area (Å²) in [6.07, 6.45) is 0. The van der Waals surface area contributed by atoms with Crippen molar-refractivity contribution in [3.8, 4) is 22.9 Å². The molecule has 2 N–H and O–H groups in total. The van der Waals surface area contributed by atoms with Gasteiger partial charge in [0.15, 0.2) is 0 Å². The molecular weight excluding hydrogens is 518 g/mol. The SMILES string of the molecule is COC(=O)C1=C(C(=O)OC)N(c2cccc(-c3ccc4cc(OC)ccc4c3)c2)C(N)=C(C#N)C1c1ccccc1. The smallest absolute Gasteiger partial charge is 0.355 e. The second-order valence-electron chi connectivity index (χ2n) is 9.31. The number of benzene rings is 4.